The van der Waals surface area contributed by atoms with E-state index in [4.69, 9.17) is 0 Å². The summed E-state index contributed by atoms with van der Waals surface area (Å²) in [5, 5.41) is 0. The third kappa shape index (κ3) is 5.47. The molecule has 1 aliphatic rings. The number of fused-ring (bicyclic) bond motifs is 1. The van der Waals surface area contributed by atoms with Gasteiger partial charge in [0, 0.05) is 18.8 Å². The van der Waals surface area contributed by atoms with Crippen LogP contribution < -0.4 is 4.72 Å². The summed E-state index contributed by atoms with van der Waals surface area (Å²) in [6, 6.07) is 18.3. The maximum absolute atomic E-state index is 13.1. The van der Waals surface area contributed by atoms with Crippen LogP contribution >= 0.6 is 0 Å². The second-order valence-corrected chi connectivity index (χ2v) is 11.4. The molecule has 0 aliphatic carbocycles. The standard InChI is InChI=1S/C27H29FN2O3S/c1-27(2,3)22-7-4-19(5-8-22)16-26(31)30-15-14-20-6-13-25(17-21(20)18-30)34(32,33)29-24-11-9-23(28)10-12-24/h4-13,17,29H,14-16,18H2,1-3H3. The van der Waals surface area contributed by atoms with E-state index in [0.29, 0.717) is 25.9 Å². The first kappa shape index (κ1) is 24.0. The minimum absolute atomic E-state index is 0.0202. The van der Waals surface area contributed by atoms with Crippen LogP contribution in [0.5, 0.6) is 0 Å². The van der Waals surface area contributed by atoms with Crippen LogP contribution in [0.2, 0.25) is 0 Å². The molecular formula is C27H29FN2O3S. The molecule has 1 heterocycles. The molecule has 0 fully saturated rings. The molecule has 4 rings (SSSR count). The summed E-state index contributed by atoms with van der Waals surface area (Å²) in [7, 11) is -3.84. The minimum atomic E-state index is -3.84. The van der Waals surface area contributed by atoms with Gasteiger partial charge in [0.1, 0.15) is 5.82 Å². The predicted molar refractivity (Wildman–Crippen MR) is 132 cm³/mol. The Balaban J connectivity index is 1.46. The molecule has 3 aromatic rings. The molecule has 0 atom stereocenters. The Morgan fingerprint density at radius 1 is 0.971 bits per heavy atom. The lowest BCUT2D eigenvalue weighted by atomic mass is 9.86. The number of nitrogens with one attached hydrogen (secondary N) is 1. The highest BCUT2D eigenvalue weighted by Crippen LogP contribution is 2.26. The first-order valence-corrected chi connectivity index (χ1v) is 12.8. The highest BCUT2D eigenvalue weighted by atomic mass is 32.2. The Morgan fingerprint density at radius 2 is 1.65 bits per heavy atom. The molecule has 1 aliphatic heterocycles. The molecule has 5 nitrogen and oxygen atoms in total. The molecule has 0 saturated heterocycles. The fourth-order valence-electron chi connectivity index (χ4n) is 4.05. The number of hydrogen-bond acceptors (Lipinski definition) is 3. The van der Waals surface area contributed by atoms with Crippen molar-refractivity contribution in [3.63, 3.8) is 0 Å². The lowest BCUT2D eigenvalue weighted by molar-refractivity contribution is -0.131. The van der Waals surface area contributed by atoms with Gasteiger partial charge in [0.15, 0.2) is 0 Å². The summed E-state index contributed by atoms with van der Waals surface area (Å²) in [5.74, 6) is -0.418. The summed E-state index contributed by atoms with van der Waals surface area (Å²) in [4.78, 5) is 14.9. The molecule has 178 valence electrons. The monoisotopic (exact) mass is 480 g/mol. The maximum Gasteiger partial charge on any atom is 0.261 e. The smallest absolute Gasteiger partial charge is 0.261 e. The van der Waals surface area contributed by atoms with E-state index in [0.717, 1.165) is 16.7 Å². The quantitative estimate of drug-likeness (QED) is 0.556. The van der Waals surface area contributed by atoms with Crippen LogP contribution in [0, 0.1) is 5.82 Å². The molecule has 0 radical (unpaired) electrons. The van der Waals surface area contributed by atoms with Crippen LogP contribution in [0.15, 0.2) is 71.6 Å². The van der Waals surface area contributed by atoms with Gasteiger partial charge in [-0.15, -0.1) is 0 Å². The molecule has 0 bridgehead atoms. The number of benzene rings is 3. The summed E-state index contributed by atoms with van der Waals surface area (Å²) >= 11 is 0. The summed E-state index contributed by atoms with van der Waals surface area (Å²) in [6.07, 6.45) is 0.986. The molecule has 0 saturated carbocycles. The van der Waals surface area contributed by atoms with Crippen molar-refractivity contribution in [3.05, 3.63) is 94.8 Å². The van der Waals surface area contributed by atoms with Gasteiger partial charge in [-0.3, -0.25) is 9.52 Å². The van der Waals surface area contributed by atoms with Gasteiger partial charge in [-0.2, -0.15) is 0 Å². The fraction of sp³-hybridized carbons (Fsp3) is 0.296. The maximum atomic E-state index is 13.1. The van der Waals surface area contributed by atoms with E-state index >= 15 is 0 Å². The number of anilines is 1. The van der Waals surface area contributed by atoms with E-state index in [-0.39, 0.29) is 21.9 Å². The fourth-order valence-corrected chi connectivity index (χ4v) is 5.16. The Morgan fingerprint density at radius 3 is 2.29 bits per heavy atom. The zero-order chi connectivity index (χ0) is 24.5. The first-order valence-electron chi connectivity index (χ1n) is 11.3. The number of carbonyl (C=O) groups is 1. The molecule has 3 aromatic carbocycles. The molecule has 0 spiro atoms. The van der Waals surface area contributed by atoms with Gasteiger partial charge in [-0.25, -0.2) is 12.8 Å². The van der Waals surface area contributed by atoms with Crippen molar-refractivity contribution < 1.29 is 17.6 Å². The predicted octanol–water partition coefficient (Wildman–Crippen LogP) is 5.05. The van der Waals surface area contributed by atoms with Crippen LogP contribution in [0.3, 0.4) is 0 Å². The van der Waals surface area contributed by atoms with E-state index in [1.807, 2.05) is 18.2 Å². The topological polar surface area (TPSA) is 66.5 Å². The number of halogens is 1. The third-order valence-electron chi connectivity index (χ3n) is 6.12. The van der Waals surface area contributed by atoms with Gasteiger partial charge < -0.3 is 4.90 Å². The molecule has 0 aromatic heterocycles. The van der Waals surface area contributed by atoms with Crippen molar-refractivity contribution in [1.29, 1.82) is 0 Å². The van der Waals surface area contributed by atoms with E-state index in [1.165, 1.54) is 29.8 Å². The van der Waals surface area contributed by atoms with E-state index in [9.17, 15) is 17.6 Å². The van der Waals surface area contributed by atoms with Crippen molar-refractivity contribution in [2.45, 2.75) is 50.5 Å². The van der Waals surface area contributed by atoms with Crippen LogP contribution in [0.4, 0.5) is 10.1 Å². The summed E-state index contributed by atoms with van der Waals surface area (Å²) in [6.45, 7) is 7.44. The van der Waals surface area contributed by atoms with Crippen LogP contribution in [-0.2, 0) is 39.6 Å². The number of amides is 1. The van der Waals surface area contributed by atoms with Crippen molar-refractivity contribution >= 4 is 21.6 Å². The molecule has 7 heteroatoms. The van der Waals surface area contributed by atoms with Crippen LogP contribution in [0.1, 0.15) is 43.0 Å². The van der Waals surface area contributed by atoms with Crippen molar-refractivity contribution in [3.8, 4) is 0 Å². The number of hydrogen-bond donors (Lipinski definition) is 1. The van der Waals surface area contributed by atoms with Gasteiger partial charge in [-0.05, 0) is 70.5 Å². The van der Waals surface area contributed by atoms with Crippen LogP contribution in [0.25, 0.3) is 0 Å². The highest BCUT2D eigenvalue weighted by molar-refractivity contribution is 7.92. The van der Waals surface area contributed by atoms with E-state index < -0.39 is 15.8 Å². The molecule has 0 unspecified atom stereocenters. The average Bonchev–Trinajstić information content (AvgIpc) is 2.79. The summed E-state index contributed by atoms with van der Waals surface area (Å²) in [5.41, 5.74) is 4.39. The van der Waals surface area contributed by atoms with E-state index in [1.54, 1.807) is 17.0 Å². The largest absolute Gasteiger partial charge is 0.338 e. The normalized spacial score (nSPS) is 13.9. The van der Waals surface area contributed by atoms with Gasteiger partial charge in [-0.1, -0.05) is 51.1 Å². The Labute approximate surface area is 200 Å². The molecule has 1 amide bonds. The molecule has 34 heavy (non-hydrogen) atoms. The summed E-state index contributed by atoms with van der Waals surface area (Å²) < 4.78 is 41.3. The Bertz CT molecular complexity index is 1300. The molecular weight excluding hydrogens is 451 g/mol. The lowest BCUT2D eigenvalue weighted by Gasteiger charge is -2.29. The number of rotatable bonds is 5. The second kappa shape index (κ2) is 9.22. The number of carbonyl (C=O) groups excluding carboxylic acids is 1. The van der Waals surface area contributed by atoms with Gasteiger partial charge in [0.2, 0.25) is 5.91 Å². The zero-order valence-electron chi connectivity index (χ0n) is 19.6. The highest BCUT2D eigenvalue weighted by Gasteiger charge is 2.24. The third-order valence-corrected chi connectivity index (χ3v) is 7.50. The average molecular weight is 481 g/mol. The Hall–Kier alpha value is -3.19. The van der Waals surface area contributed by atoms with Crippen molar-refractivity contribution in [2.75, 3.05) is 11.3 Å². The van der Waals surface area contributed by atoms with Gasteiger partial charge in [0.25, 0.3) is 10.0 Å². The zero-order valence-corrected chi connectivity index (χ0v) is 20.5. The van der Waals surface area contributed by atoms with Gasteiger partial charge in [0.05, 0.1) is 11.3 Å². The van der Waals surface area contributed by atoms with Crippen LogP contribution in [-0.4, -0.2) is 25.8 Å². The number of nitrogens with zero attached hydrogens (tertiary/aromatic N) is 1. The number of sulfonamides is 1. The second-order valence-electron chi connectivity index (χ2n) is 9.73. The minimum Gasteiger partial charge on any atom is -0.338 e. The Kier molecular flexibility index (Phi) is 6.49. The van der Waals surface area contributed by atoms with Crippen molar-refractivity contribution in [2.24, 2.45) is 0 Å². The van der Waals surface area contributed by atoms with Crippen molar-refractivity contribution in [1.82, 2.24) is 4.90 Å². The first-order chi connectivity index (χ1) is 16.0. The van der Waals surface area contributed by atoms with Gasteiger partial charge >= 0.3 is 0 Å². The SMILES string of the molecule is CC(C)(C)c1ccc(CC(=O)N2CCc3ccc(S(=O)(=O)Nc4ccc(F)cc4)cc3C2)cc1. The van der Waals surface area contributed by atoms with E-state index in [2.05, 4.69) is 37.6 Å². The lowest BCUT2D eigenvalue weighted by Crippen LogP contribution is -2.37. The molecule has 1 N–H and O–H groups in total.